The molecule has 4 N–H and O–H groups in total. The Morgan fingerprint density at radius 1 is 0.970 bits per heavy atom. The first-order valence-electron chi connectivity index (χ1n) is 10.6. The van der Waals surface area contributed by atoms with Crippen LogP contribution in [-0.2, 0) is 0 Å². The number of anilines is 1. The standard InChI is InChI=1S/C25H24N4O4/c30-13-12-26-16-22(29-24(31)21-11-10-17-5-1-2-8-20(17)28-21)18-6-3-7-19(15-18)27-25(32)23-9-4-14-33-23/h1-11,14-15,22,26,30H,12-13,16H2,(H,27,32)(H,29,31). The van der Waals surface area contributed by atoms with Crippen LogP contribution in [0.4, 0.5) is 5.69 Å². The quantitative estimate of drug-likeness (QED) is 0.295. The zero-order valence-electron chi connectivity index (χ0n) is 17.8. The lowest BCUT2D eigenvalue weighted by molar-refractivity contribution is 0.0930. The molecule has 1 unspecified atom stereocenters. The summed E-state index contributed by atoms with van der Waals surface area (Å²) in [7, 11) is 0. The van der Waals surface area contributed by atoms with Gasteiger partial charge in [-0.2, -0.15) is 0 Å². The Morgan fingerprint density at radius 2 is 1.85 bits per heavy atom. The predicted molar refractivity (Wildman–Crippen MR) is 125 cm³/mol. The molecule has 33 heavy (non-hydrogen) atoms. The second-order valence-electron chi connectivity index (χ2n) is 7.40. The molecule has 0 radical (unpaired) electrons. The zero-order chi connectivity index (χ0) is 23.0. The van der Waals surface area contributed by atoms with Gasteiger partial charge in [0, 0.05) is 24.2 Å². The van der Waals surface area contributed by atoms with Gasteiger partial charge in [0.1, 0.15) is 5.69 Å². The molecule has 0 bridgehead atoms. The Morgan fingerprint density at radius 3 is 2.67 bits per heavy atom. The van der Waals surface area contributed by atoms with Gasteiger partial charge in [-0.05, 0) is 42.0 Å². The number of furan rings is 1. The second kappa shape index (κ2) is 10.5. The molecule has 4 aromatic rings. The topological polar surface area (TPSA) is 116 Å². The maximum Gasteiger partial charge on any atom is 0.291 e. The number of pyridine rings is 1. The second-order valence-corrected chi connectivity index (χ2v) is 7.40. The average molecular weight is 444 g/mol. The molecule has 2 amide bonds. The lowest BCUT2D eigenvalue weighted by Crippen LogP contribution is -2.37. The highest BCUT2D eigenvalue weighted by Gasteiger charge is 2.18. The number of aromatic nitrogens is 1. The molecule has 0 aliphatic carbocycles. The number of benzene rings is 2. The molecule has 0 aliphatic rings. The van der Waals surface area contributed by atoms with Crippen LogP contribution in [0, 0.1) is 0 Å². The van der Waals surface area contributed by atoms with Crippen molar-refractivity contribution in [2.75, 3.05) is 25.0 Å². The van der Waals surface area contributed by atoms with Crippen molar-refractivity contribution in [3.05, 3.63) is 96.1 Å². The van der Waals surface area contributed by atoms with Gasteiger partial charge in [0.15, 0.2) is 5.76 Å². The van der Waals surface area contributed by atoms with E-state index in [4.69, 9.17) is 9.52 Å². The van der Waals surface area contributed by atoms with Crippen molar-refractivity contribution in [3.8, 4) is 0 Å². The van der Waals surface area contributed by atoms with Gasteiger partial charge in [0.05, 0.1) is 24.4 Å². The van der Waals surface area contributed by atoms with E-state index in [9.17, 15) is 9.59 Å². The van der Waals surface area contributed by atoms with Gasteiger partial charge >= 0.3 is 0 Å². The number of para-hydroxylation sites is 1. The third kappa shape index (κ3) is 5.62. The molecular formula is C25H24N4O4. The molecule has 0 fully saturated rings. The third-order valence-electron chi connectivity index (χ3n) is 5.07. The van der Waals surface area contributed by atoms with E-state index in [1.54, 1.807) is 36.4 Å². The van der Waals surface area contributed by atoms with E-state index in [0.717, 1.165) is 16.5 Å². The zero-order valence-corrected chi connectivity index (χ0v) is 17.8. The lowest BCUT2D eigenvalue weighted by Gasteiger charge is -2.20. The summed E-state index contributed by atoms with van der Waals surface area (Å²) in [6.45, 7) is 0.747. The first-order chi connectivity index (χ1) is 16.1. The van der Waals surface area contributed by atoms with Crippen molar-refractivity contribution in [2.24, 2.45) is 0 Å². The molecule has 1 atom stereocenters. The molecule has 4 rings (SSSR count). The highest BCUT2D eigenvalue weighted by molar-refractivity contribution is 6.02. The molecule has 0 saturated heterocycles. The molecule has 0 spiro atoms. The number of aliphatic hydroxyl groups excluding tert-OH is 1. The van der Waals surface area contributed by atoms with Gasteiger partial charge in [-0.25, -0.2) is 4.98 Å². The Hall–Kier alpha value is -4.01. The van der Waals surface area contributed by atoms with Crippen molar-refractivity contribution < 1.29 is 19.1 Å². The van der Waals surface area contributed by atoms with Crippen LogP contribution in [0.3, 0.4) is 0 Å². The lowest BCUT2D eigenvalue weighted by atomic mass is 10.1. The highest BCUT2D eigenvalue weighted by Crippen LogP contribution is 2.20. The van der Waals surface area contributed by atoms with Crippen molar-refractivity contribution in [1.29, 1.82) is 0 Å². The fraction of sp³-hybridized carbons (Fsp3) is 0.160. The van der Waals surface area contributed by atoms with E-state index in [1.807, 2.05) is 36.4 Å². The molecule has 2 heterocycles. The van der Waals surface area contributed by atoms with Crippen LogP contribution >= 0.6 is 0 Å². The minimum Gasteiger partial charge on any atom is -0.459 e. The van der Waals surface area contributed by atoms with E-state index < -0.39 is 6.04 Å². The van der Waals surface area contributed by atoms with Crippen molar-refractivity contribution in [1.82, 2.24) is 15.6 Å². The molecule has 168 valence electrons. The summed E-state index contributed by atoms with van der Waals surface area (Å²) in [5.74, 6) is -0.477. The van der Waals surface area contributed by atoms with Crippen LogP contribution < -0.4 is 16.0 Å². The van der Waals surface area contributed by atoms with Gasteiger partial charge in [0.25, 0.3) is 11.8 Å². The molecule has 0 saturated carbocycles. The maximum atomic E-state index is 13.0. The summed E-state index contributed by atoms with van der Waals surface area (Å²) in [4.78, 5) is 29.8. The fourth-order valence-corrected chi connectivity index (χ4v) is 3.44. The number of hydrogen-bond donors (Lipinski definition) is 4. The van der Waals surface area contributed by atoms with E-state index in [0.29, 0.717) is 24.5 Å². The van der Waals surface area contributed by atoms with Gasteiger partial charge < -0.3 is 25.5 Å². The number of hydrogen-bond acceptors (Lipinski definition) is 6. The van der Waals surface area contributed by atoms with E-state index in [2.05, 4.69) is 20.9 Å². The van der Waals surface area contributed by atoms with E-state index >= 15 is 0 Å². The molecular weight excluding hydrogens is 420 g/mol. The number of carbonyl (C=O) groups is 2. The molecule has 0 aliphatic heterocycles. The minimum absolute atomic E-state index is 0.0217. The number of amides is 2. The van der Waals surface area contributed by atoms with Crippen LogP contribution in [0.15, 0.2) is 83.5 Å². The largest absolute Gasteiger partial charge is 0.459 e. The predicted octanol–water partition coefficient (Wildman–Crippen LogP) is 3.13. The molecule has 2 aromatic heterocycles. The Bertz CT molecular complexity index is 1240. The van der Waals surface area contributed by atoms with Gasteiger partial charge in [-0.3, -0.25) is 9.59 Å². The fourth-order valence-electron chi connectivity index (χ4n) is 3.44. The Balaban J connectivity index is 1.53. The molecule has 8 heteroatoms. The SMILES string of the molecule is O=C(NC(CNCCO)c1cccc(NC(=O)c2ccco2)c1)c1ccc2ccccc2n1. The molecule has 8 nitrogen and oxygen atoms in total. The Labute approximate surface area is 190 Å². The van der Waals surface area contributed by atoms with Crippen LogP contribution in [0.25, 0.3) is 10.9 Å². The van der Waals surface area contributed by atoms with E-state index in [-0.39, 0.29) is 24.2 Å². The van der Waals surface area contributed by atoms with Crippen LogP contribution in [0.2, 0.25) is 0 Å². The average Bonchev–Trinajstić information content (AvgIpc) is 3.39. The van der Waals surface area contributed by atoms with Gasteiger partial charge in [-0.1, -0.05) is 36.4 Å². The number of nitrogens with zero attached hydrogens (tertiary/aromatic N) is 1. The number of aliphatic hydroxyl groups is 1. The first kappa shape index (κ1) is 22.2. The molecule has 2 aromatic carbocycles. The van der Waals surface area contributed by atoms with E-state index in [1.165, 1.54) is 6.26 Å². The normalized spacial score (nSPS) is 11.8. The summed E-state index contributed by atoms with van der Waals surface area (Å²) in [6, 6.07) is 21.2. The van der Waals surface area contributed by atoms with Gasteiger partial charge in [0.2, 0.25) is 0 Å². The first-order valence-corrected chi connectivity index (χ1v) is 10.6. The summed E-state index contributed by atoms with van der Waals surface area (Å²) < 4.78 is 5.13. The number of rotatable bonds is 9. The highest BCUT2D eigenvalue weighted by atomic mass is 16.3. The van der Waals surface area contributed by atoms with Crippen LogP contribution in [-0.4, -0.2) is 41.6 Å². The van der Waals surface area contributed by atoms with Crippen LogP contribution in [0.5, 0.6) is 0 Å². The summed E-state index contributed by atoms with van der Waals surface area (Å²) in [5, 5.41) is 19.0. The summed E-state index contributed by atoms with van der Waals surface area (Å²) in [5.41, 5.74) is 2.40. The maximum absolute atomic E-state index is 13.0. The monoisotopic (exact) mass is 444 g/mol. The minimum atomic E-state index is -0.419. The summed E-state index contributed by atoms with van der Waals surface area (Å²) in [6.07, 6.45) is 1.44. The number of nitrogens with one attached hydrogen (secondary N) is 3. The Kier molecular flexibility index (Phi) is 7.09. The van der Waals surface area contributed by atoms with Gasteiger partial charge in [-0.15, -0.1) is 0 Å². The number of carbonyl (C=O) groups excluding carboxylic acids is 2. The summed E-state index contributed by atoms with van der Waals surface area (Å²) >= 11 is 0. The third-order valence-corrected chi connectivity index (χ3v) is 5.07. The smallest absolute Gasteiger partial charge is 0.291 e. The van der Waals surface area contributed by atoms with Crippen molar-refractivity contribution in [3.63, 3.8) is 0 Å². The van der Waals surface area contributed by atoms with Crippen LogP contribution in [0.1, 0.15) is 32.6 Å². The number of fused-ring (bicyclic) bond motifs is 1. The van der Waals surface area contributed by atoms with Crippen molar-refractivity contribution in [2.45, 2.75) is 6.04 Å². The van der Waals surface area contributed by atoms with Crippen molar-refractivity contribution >= 4 is 28.4 Å².